The van der Waals surface area contributed by atoms with Crippen LogP contribution in [0.15, 0.2) is 18.6 Å². The van der Waals surface area contributed by atoms with Gasteiger partial charge in [0.1, 0.15) is 0 Å². The lowest BCUT2D eigenvalue weighted by molar-refractivity contribution is -0.128. The second-order valence-electron chi connectivity index (χ2n) is 4.81. The molecule has 96 valence electrons. The zero-order valence-corrected chi connectivity index (χ0v) is 10.0. The molecule has 0 bridgehead atoms. The van der Waals surface area contributed by atoms with Crippen molar-refractivity contribution in [2.75, 3.05) is 31.6 Å². The molecule has 3 heterocycles. The molecule has 1 amide bonds. The summed E-state index contributed by atoms with van der Waals surface area (Å²) in [6.07, 6.45) is 4.69. The van der Waals surface area contributed by atoms with E-state index in [1.54, 1.807) is 18.6 Å². The Hall–Kier alpha value is -1.53. The van der Waals surface area contributed by atoms with Gasteiger partial charge in [0, 0.05) is 18.9 Å². The van der Waals surface area contributed by atoms with E-state index in [1.807, 2.05) is 0 Å². The van der Waals surface area contributed by atoms with E-state index in [4.69, 9.17) is 4.74 Å². The summed E-state index contributed by atoms with van der Waals surface area (Å²) < 4.78 is 5.52. The number of fused-ring (bicyclic) bond motifs is 1. The fourth-order valence-electron chi connectivity index (χ4n) is 2.73. The number of rotatable bonds is 2. The van der Waals surface area contributed by atoms with Crippen LogP contribution in [0, 0.1) is 17.8 Å². The maximum atomic E-state index is 12.2. The third-order valence-corrected chi connectivity index (χ3v) is 3.69. The maximum absolute atomic E-state index is 12.2. The Morgan fingerprint density at radius 1 is 1.39 bits per heavy atom. The van der Waals surface area contributed by atoms with Gasteiger partial charge in [0.25, 0.3) is 0 Å². The molecule has 2 saturated heterocycles. The van der Waals surface area contributed by atoms with Gasteiger partial charge in [0.05, 0.1) is 25.3 Å². The molecule has 0 unspecified atom stereocenters. The van der Waals surface area contributed by atoms with Gasteiger partial charge < -0.3 is 15.4 Å². The molecule has 0 spiro atoms. The molecule has 6 nitrogen and oxygen atoms in total. The summed E-state index contributed by atoms with van der Waals surface area (Å²) >= 11 is 0. The van der Waals surface area contributed by atoms with Crippen LogP contribution in [0.4, 0.5) is 5.82 Å². The number of hydrogen-bond donors (Lipinski definition) is 2. The molecule has 2 fully saturated rings. The average molecular weight is 248 g/mol. The number of nitrogens with zero attached hydrogens (tertiary/aromatic N) is 2. The Labute approximate surface area is 105 Å². The first-order chi connectivity index (χ1) is 8.84. The molecule has 2 aliphatic rings. The number of ether oxygens (including phenoxy) is 1. The highest BCUT2D eigenvalue weighted by molar-refractivity contribution is 5.92. The Morgan fingerprint density at radius 2 is 2.33 bits per heavy atom. The minimum atomic E-state index is -0.0965. The minimum absolute atomic E-state index is 0.0195. The number of hydrogen-bond acceptors (Lipinski definition) is 5. The van der Waals surface area contributed by atoms with Crippen LogP contribution in [0.1, 0.15) is 0 Å². The van der Waals surface area contributed by atoms with Gasteiger partial charge in [-0.3, -0.25) is 9.78 Å². The molecule has 0 radical (unpaired) electrons. The number of aromatic nitrogens is 2. The number of carbonyl (C=O) groups excluding carboxylic acids is 1. The fourth-order valence-corrected chi connectivity index (χ4v) is 2.73. The largest absolute Gasteiger partial charge is 0.380 e. The number of amides is 1. The lowest BCUT2D eigenvalue weighted by Crippen LogP contribution is -2.42. The Kier molecular flexibility index (Phi) is 3.21. The quantitative estimate of drug-likeness (QED) is 0.764. The summed E-state index contributed by atoms with van der Waals surface area (Å²) in [5, 5.41) is 6.13. The van der Waals surface area contributed by atoms with Crippen LogP contribution in [-0.2, 0) is 9.53 Å². The fraction of sp³-hybridized carbons (Fsp3) is 0.583. The zero-order chi connectivity index (χ0) is 12.4. The zero-order valence-electron chi connectivity index (χ0n) is 10.0. The van der Waals surface area contributed by atoms with Crippen molar-refractivity contribution in [1.29, 1.82) is 0 Å². The second-order valence-corrected chi connectivity index (χ2v) is 4.81. The van der Waals surface area contributed by atoms with E-state index in [9.17, 15) is 4.79 Å². The van der Waals surface area contributed by atoms with Crippen LogP contribution in [0.2, 0.25) is 0 Å². The molecule has 18 heavy (non-hydrogen) atoms. The van der Waals surface area contributed by atoms with E-state index in [2.05, 4.69) is 20.6 Å². The molecule has 3 rings (SSSR count). The van der Waals surface area contributed by atoms with Crippen molar-refractivity contribution in [1.82, 2.24) is 15.3 Å². The summed E-state index contributed by atoms with van der Waals surface area (Å²) in [5.74, 6) is 1.21. The molecule has 0 aliphatic carbocycles. The van der Waals surface area contributed by atoms with Gasteiger partial charge in [-0.15, -0.1) is 0 Å². The monoisotopic (exact) mass is 248 g/mol. The minimum Gasteiger partial charge on any atom is -0.380 e. The summed E-state index contributed by atoms with van der Waals surface area (Å²) in [4.78, 5) is 20.2. The molecule has 0 aromatic carbocycles. The van der Waals surface area contributed by atoms with Gasteiger partial charge >= 0.3 is 0 Å². The highest BCUT2D eigenvalue weighted by Crippen LogP contribution is 2.30. The highest BCUT2D eigenvalue weighted by Gasteiger charge is 2.40. The maximum Gasteiger partial charge on any atom is 0.231 e. The molecule has 6 heteroatoms. The van der Waals surface area contributed by atoms with Crippen LogP contribution >= 0.6 is 0 Å². The van der Waals surface area contributed by atoms with Crippen LogP contribution in [0.5, 0.6) is 0 Å². The van der Waals surface area contributed by atoms with Crippen LogP contribution in [-0.4, -0.2) is 42.2 Å². The van der Waals surface area contributed by atoms with E-state index in [-0.39, 0.29) is 11.8 Å². The van der Waals surface area contributed by atoms with Crippen molar-refractivity contribution in [3.05, 3.63) is 18.6 Å². The molecule has 1 aromatic rings. The van der Waals surface area contributed by atoms with E-state index < -0.39 is 0 Å². The van der Waals surface area contributed by atoms with Crippen molar-refractivity contribution in [3.8, 4) is 0 Å². The van der Waals surface area contributed by atoms with Gasteiger partial charge in [-0.25, -0.2) is 4.98 Å². The van der Waals surface area contributed by atoms with E-state index >= 15 is 0 Å². The predicted octanol–water partition coefficient (Wildman–Crippen LogP) is -0.103. The Balaban J connectivity index is 1.68. The Bertz CT molecular complexity index is 425. The standard InChI is InChI=1S/C12H16N4O2/c17-12(16-11-5-13-1-2-15-11)10-7-18-6-8-3-14-4-9(8)10/h1-2,5,8-10,14H,3-4,6-7H2,(H,15,16,17)/t8-,9-,10+/m1/s1. The van der Waals surface area contributed by atoms with Crippen molar-refractivity contribution in [2.24, 2.45) is 17.8 Å². The number of nitrogens with one attached hydrogen (secondary N) is 2. The predicted molar refractivity (Wildman–Crippen MR) is 64.8 cm³/mol. The Morgan fingerprint density at radius 3 is 3.17 bits per heavy atom. The van der Waals surface area contributed by atoms with Gasteiger partial charge in [-0.2, -0.15) is 0 Å². The van der Waals surface area contributed by atoms with E-state index in [1.165, 1.54) is 0 Å². The normalized spacial score (nSPS) is 30.8. The lowest BCUT2D eigenvalue weighted by Gasteiger charge is -2.31. The SMILES string of the molecule is O=C(Nc1cnccn1)[C@H]1COC[C@H]2CNC[C@H]21. The topological polar surface area (TPSA) is 76.1 Å². The van der Waals surface area contributed by atoms with E-state index in [0.717, 1.165) is 19.7 Å². The van der Waals surface area contributed by atoms with Gasteiger partial charge in [0.2, 0.25) is 5.91 Å². The molecule has 2 aliphatic heterocycles. The van der Waals surface area contributed by atoms with Crippen LogP contribution in [0.25, 0.3) is 0 Å². The van der Waals surface area contributed by atoms with Crippen molar-refractivity contribution in [3.63, 3.8) is 0 Å². The molecule has 0 saturated carbocycles. The first kappa shape index (κ1) is 11.6. The lowest BCUT2D eigenvalue weighted by atomic mass is 9.82. The average Bonchev–Trinajstić information content (AvgIpc) is 2.87. The van der Waals surface area contributed by atoms with Crippen molar-refractivity contribution in [2.45, 2.75) is 0 Å². The number of carbonyl (C=O) groups is 1. The van der Waals surface area contributed by atoms with E-state index in [0.29, 0.717) is 24.3 Å². The number of anilines is 1. The van der Waals surface area contributed by atoms with Crippen molar-refractivity contribution < 1.29 is 9.53 Å². The molecular weight excluding hydrogens is 232 g/mol. The molecular formula is C12H16N4O2. The van der Waals surface area contributed by atoms with Crippen LogP contribution < -0.4 is 10.6 Å². The summed E-state index contributed by atoms with van der Waals surface area (Å²) in [6, 6.07) is 0. The van der Waals surface area contributed by atoms with Gasteiger partial charge in [-0.05, 0) is 18.4 Å². The highest BCUT2D eigenvalue weighted by atomic mass is 16.5. The third-order valence-electron chi connectivity index (χ3n) is 3.69. The summed E-state index contributed by atoms with van der Waals surface area (Å²) in [6.45, 7) is 3.09. The first-order valence-electron chi connectivity index (χ1n) is 6.20. The molecule has 3 atom stereocenters. The summed E-state index contributed by atoms with van der Waals surface area (Å²) in [7, 11) is 0. The van der Waals surface area contributed by atoms with Crippen molar-refractivity contribution >= 4 is 11.7 Å². The smallest absolute Gasteiger partial charge is 0.231 e. The van der Waals surface area contributed by atoms with Gasteiger partial charge in [-0.1, -0.05) is 0 Å². The second kappa shape index (κ2) is 4.99. The molecule has 1 aromatic heterocycles. The summed E-state index contributed by atoms with van der Waals surface area (Å²) in [5.41, 5.74) is 0. The first-order valence-corrected chi connectivity index (χ1v) is 6.20. The molecule has 2 N–H and O–H groups in total. The van der Waals surface area contributed by atoms with Gasteiger partial charge in [0.15, 0.2) is 5.82 Å². The van der Waals surface area contributed by atoms with Crippen LogP contribution in [0.3, 0.4) is 0 Å². The third kappa shape index (κ3) is 2.21.